The van der Waals surface area contributed by atoms with E-state index in [9.17, 15) is 4.79 Å². The summed E-state index contributed by atoms with van der Waals surface area (Å²) < 4.78 is 5.16. The van der Waals surface area contributed by atoms with Crippen molar-refractivity contribution < 1.29 is 9.53 Å². The van der Waals surface area contributed by atoms with Crippen LogP contribution < -0.4 is 10.1 Å². The maximum Gasteiger partial charge on any atom is 0.275 e. The van der Waals surface area contributed by atoms with Crippen molar-refractivity contribution in [1.29, 1.82) is 0 Å². The highest BCUT2D eigenvalue weighted by molar-refractivity contribution is 7.13. The van der Waals surface area contributed by atoms with Gasteiger partial charge in [-0.15, -0.1) is 11.3 Å². The number of anilines is 1. The standard InChI is InChI=1S/C19H15N3O2S/c1-24-14-7-4-6-13(10-14)20-18(23)17-11-25-19(22-17)16-9-12-5-2-3-8-15(12)21-16/h2-11,21H,1H3,(H,20,23). The number of fused-ring (bicyclic) bond motifs is 1. The Labute approximate surface area is 148 Å². The van der Waals surface area contributed by atoms with Gasteiger partial charge < -0.3 is 15.0 Å². The second-order valence-electron chi connectivity index (χ2n) is 5.49. The highest BCUT2D eigenvalue weighted by Gasteiger charge is 2.13. The molecule has 2 aromatic carbocycles. The molecule has 0 unspecified atom stereocenters. The van der Waals surface area contributed by atoms with E-state index in [0.717, 1.165) is 21.6 Å². The van der Waals surface area contributed by atoms with Crippen molar-refractivity contribution in [2.24, 2.45) is 0 Å². The van der Waals surface area contributed by atoms with Crippen molar-refractivity contribution in [1.82, 2.24) is 9.97 Å². The first-order chi connectivity index (χ1) is 12.2. The number of H-pyrrole nitrogens is 1. The van der Waals surface area contributed by atoms with E-state index in [1.165, 1.54) is 11.3 Å². The fraction of sp³-hybridized carbons (Fsp3) is 0.0526. The van der Waals surface area contributed by atoms with E-state index in [1.807, 2.05) is 48.5 Å². The highest BCUT2D eigenvalue weighted by atomic mass is 32.1. The van der Waals surface area contributed by atoms with Crippen molar-refractivity contribution in [3.63, 3.8) is 0 Å². The lowest BCUT2D eigenvalue weighted by Crippen LogP contribution is -2.12. The first-order valence-corrected chi connectivity index (χ1v) is 8.60. The van der Waals surface area contributed by atoms with E-state index in [4.69, 9.17) is 4.74 Å². The quantitative estimate of drug-likeness (QED) is 0.568. The third kappa shape index (κ3) is 3.12. The molecule has 0 spiro atoms. The number of carbonyl (C=O) groups is 1. The fourth-order valence-corrected chi connectivity index (χ4v) is 3.36. The number of amides is 1. The minimum Gasteiger partial charge on any atom is -0.497 e. The summed E-state index contributed by atoms with van der Waals surface area (Å²) >= 11 is 1.44. The molecule has 25 heavy (non-hydrogen) atoms. The molecule has 0 saturated carbocycles. The number of thiazole rings is 1. The van der Waals surface area contributed by atoms with Crippen LogP contribution in [0.15, 0.2) is 60.0 Å². The van der Waals surface area contributed by atoms with Gasteiger partial charge in [-0.3, -0.25) is 4.79 Å². The predicted molar refractivity (Wildman–Crippen MR) is 100 cm³/mol. The summed E-state index contributed by atoms with van der Waals surface area (Å²) in [6, 6.07) is 17.3. The average molecular weight is 349 g/mol. The molecule has 4 rings (SSSR count). The lowest BCUT2D eigenvalue weighted by atomic mass is 10.2. The normalized spacial score (nSPS) is 10.8. The Morgan fingerprint density at radius 2 is 2.04 bits per heavy atom. The van der Waals surface area contributed by atoms with Gasteiger partial charge in [0.2, 0.25) is 0 Å². The molecule has 1 amide bonds. The van der Waals surface area contributed by atoms with Crippen LogP contribution in [0.3, 0.4) is 0 Å². The molecule has 5 nitrogen and oxygen atoms in total. The molecule has 4 aromatic rings. The molecule has 2 heterocycles. The third-order valence-corrected chi connectivity index (χ3v) is 4.70. The van der Waals surface area contributed by atoms with Gasteiger partial charge in [-0.1, -0.05) is 24.3 Å². The molecule has 0 aliphatic carbocycles. The van der Waals surface area contributed by atoms with Gasteiger partial charge in [0.1, 0.15) is 16.5 Å². The van der Waals surface area contributed by atoms with Crippen molar-refractivity contribution in [2.45, 2.75) is 0 Å². The summed E-state index contributed by atoms with van der Waals surface area (Å²) in [6.07, 6.45) is 0. The molecule has 2 aromatic heterocycles. The summed E-state index contributed by atoms with van der Waals surface area (Å²) in [5.74, 6) is 0.446. The van der Waals surface area contributed by atoms with Crippen LogP contribution in [0.1, 0.15) is 10.5 Å². The highest BCUT2D eigenvalue weighted by Crippen LogP contribution is 2.27. The minimum absolute atomic E-state index is 0.244. The number of ether oxygens (including phenoxy) is 1. The van der Waals surface area contributed by atoms with Crippen molar-refractivity contribution in [2.75, 3.05) is 12.4 Å². The zero-order valence-corrected chi connectivity index (χ0v) is 14.3. The summed E-state index contributed by atoms with van der Waals surface area (Å²) in [5.41, 5.74) is 3.02. The van der Waals surface area contributed by atoms with Gasteiger partial charge in [0.25, 0.3) is 5.91 Å². The van der Waals surface area contributed by atoms with E-state index < -0.39 is 0 Å². The van der Waals surface area contributed by atoms with Crippen LogP contribution in [0.25, 0.3) is 21.6 Å². The van der Waals surface area contributed by atoms with E-state index in [1.54, 1.807) is 18.6 Å². The Kier molecular flexibility index (Phi) is 3.95. The number of rotatable bonds is 4. The summed E-state index contributed by atoms with van der Waals surface area (Å²) in [7, 11) is 1.59. The van der Waals surface area contributed by atoms with Gasteiger partial charge in [-0.05, 0) is 24.3 Å². The molecular formula is C19H15N3O2S. The molecule has 2 N–H and O–H groups in total. The maximum atomic E-state index is 12.4. The molecule has 0 aliphatic heterocycles. The van der Waals surface area contributed by atoms with Crippen LogP contribution in [0.5, 0.6) is 5.75 Å². The van der Waals surface area contributed by atoms with Crippen LogP contribution in [0.2, 0.25) is 0 Å². The smallest absolute Gasteiger partial charge is 0.275 e. The molecule has 0 aliphatic rings. The molecule has 0 fully saturated rings. The average Bonchev–Trinajstić information content (AvgIpc) is 3.28. The van der Waals surface area contributed by atoms with Crippen molar-refractivity contribution >= 4 is 33.8 Å². The summed E-state index contributed by atoms with van der Waals surface area (Å²) in [4.78, 5) is 20.2. The molecular weight excluding hydrogens is 334 g/mol. The largest absolute Gasteiger partial charge is 0.497 e. The summed E-state index contributed by atoms with van der Waals surface area (Å²) in [5, 5.41) is 6.50. The zero-order chi connectivity index (χ0) is 17.2. The van der Waals surface area contributed by atoms with Crippen molar-refractivity contribution in [3.05, 3.63) is 65.7 Å². The number of carbonyl (C=O) groups excluding carboxylic acids is 1. The van der Waals surface area contributed by atoms with Crippen LogP contribution in [0, 0.1) is 0 Å². The number of methoxy groups -OCH3 is 1. The Morgan fingerprint density at radius 1 is 1.16 bits per heavy atom. The van der Waals surface area contributed by atoms with Gasteiger partial charge in [-0.2, -0.15) is 0 Å². The van der Waals surface area contributed by atoms with Gasteiger partial charge in [0.05, 0.1) is 12.8 Å². The Balaban J connectivity index is 1.56. The molecule has 0 atom stereocenters. The van der Waals surface area contributed by atoms with E-state index in [-0.39, 0.29) is 5.91 Å². The number of aromatic amines is 1. The molecule has 124 valence electrons. The first kappa shape index (κ1) is 15.4. The van der Waals surface area contributed by atoms with Gasteiger partial charge in [0, 0.05) is 28.0 Å². The van der Waals surface area contributed by atoms with Gasteiger partial charge in [-0.25, -0.2) is 4.98 Å². The van der Waals surface area contributed by atoms with Gasteiger partial charge >= 0.3 is 0 Å². The van der Waals surface area contributed by atoms with E-state index >= 15 is 0 Å². The Morgan fingerprint density at radius 3 is 2.88 bits per heavy atom. The first-order valence-electron chi connectivity index (χ1n) is 7.72. The maximum absolute atomic E-state index is 12.4. The van der Waals surface area contributed by atoms with Crippen LogP contribution in [0.4, 0.5) is 5.69 Å². The van der Waals surface area contributed by atoms with Crippen LogP contribution in [-0.4, -0.2) is 23.0 Å². The minimum atomic E-state index is -0.244. The lowest BCUT2D eigenvalue weighted by molar-refractivity contribution is 0.102. The molecule has 6 heteroatoms. The van der Waals surface area contributed by atoms with E-state index in [0.29, 0.717) is 17.1 Å². The number of hydrogen-bond donors (Lipinski definition) is 2. The Hall–Kier alpha value is -3.12. The lowest BCUT2D eigenvalue weighted by Gasteiger charge is -2.05. The molecule has 0 bridgehead atoms. The zero-order valence-electron chi connectivity index (χ0n) is 13.4. The number of para-hydroxylation sites is 1. The number of benzene rings is 2. The van der Waals surface area contributed by atoms with Crippen LogP contribution in [-0.2, 0) is 0 Å². The second-order valence-corrected chi connectivity index (χ2v) is 6.35. The van der Waals surface area contributed by atoms with Crippen molar-refractivity contribution in [3.8, 4) is 16.5 Å². The second kappa shape index (κ2) is 6.41. The fourth-order valence-electron chi connectivity index (χ4n) is 2.59. The predicted octanol–water partition coefficient (Wildman–Crippen LogP) is 4.55. The molecule has 0 saturated heterocycles. The number of nitrogens with zero attached hydrogens (tertiary/aromatic N) is 1. The molecule has 0 radical (unpaired) electrons. The SMILES string of the molecule is COc1cccc(NC(=O)c2csc(-c3cc4ccccc4[nH]3)n2)c1. The summed E-state index contributed by atoms with van der Waals surface area (Å²) in [6.45, 7) is 0. The van der Waals surface area contributed by atoms with Gasteiger partial charge in [0.15, 0.2) is 0 Å². The van der Waals surface area contributed by atoms with Crippen LogP contribution >= 0.6 is 11.3 Å². The number of nitrogens with one attached hydrogen (secondary N) is 2. The third-order valence-electron chi connectivity index (χ3n) is 3.82. The number of hydrogen-bond acceptors (Lipinski definition) is 4. The number of aromatic nitrogens is 2. The van der Waals surface area contributed by atoms with E-state index in [2.05, 4.69) is 15.3 Å². The monoisotopic (exact) mass is 349 g/mol. The topological polar surface area (TPSA) is 67.0 Å². The Bertz CT molecular complexity index is 1020.